The summed E-state index contributed by atoms with van der Waals surface area (Å²) in [6, 6.07) is 14.8. The van der Waals surface area contributed by atoms with Crippen LogP contribution in [0.5, 0.6) is 11.5 Å². The highest BCUT2D eigenvalue weighted by atomic mass is 32.2. The molecule has 0 atom stereocenters. The summed E-state index contributed by atoms with van der Waals surface area (Å²) in [6.07, 6.45) is 0.898. The number of hydrogen-bond donors (Lipinski definition) is 0. The largest absolute Gasteiger partial charge is 0.486 e. The van der Waals surface area contributed by atoms with Gasteiger partial charge in [0.1, 0.15) is 13.2 Å². The van der Waals surface area contributed by atoms with E-state index in [1.54, 1.807) is 22.9 Å². The lowest BCUT2D eigenvalue weighted by Crippen LogP contribution is -2.18. The SMILES string of the molecule is O=S(=O)(CCCc1nnnn1-c1ccccc1)Cc1cccc2c1OCCO2. The molecule has 4 rings (SSSR count). The van der Waals surface area contributed by atoms with Crippen LogP contribution in [0, 0.1) is 0 Å². The Bertz CT molecular complexity index is 1050. The Morgan fingerprint density at radius 1 is 1.00 bits per heavy atom. The highest BCUT2D eigenvalue weighted by molar-refractivity contribution is 7.90. The second kappa shape index (κ2) is 7.97. The number of nitrogens with zero attached hydrogens (tertiary/aromatic N) is 4. The van der Waals surface area contributed by atoms with Crippen LogP contribution >= 0.6 is 0 Å². The van der Waals surface area contributed by atoms with E-state index < -0.39 is 9.84 Å². The van der Waals surface area contributed by atoms with E-state index >= 15 is 0 Å². The molecule has 1 aliphatic heterocycles. The third-order valence-corrected chi connectivity index (χ3v) is 6.08. The molecule has 146 valence electrons. The van der Waals surface area contributed by atoms with Crippen molar-refractivity contribution in [3.63, 3.8) is 0 Å². The van der Waals surface area contributed by atoms with Crippen molar-refractivity contribution < 1.29 is 17.9 Å². The minimum Gasteiger partial charge on any atom is -0.486 e. The average Bonchev–Trinajstić information content (AvgIpc) is 3.17. The number of aryl methyl sites for hydroxylation is 1. The Labute approximate surface area is 163 Å². The number of rotatable bonds is 7. The third kappa shape index (κ3) is 4.14. The highest BCUT2D eigenvalue weighted by Gasteiger charge is 2.21. The summed E-state index contributed by atoms with van der Waals surface area (Å²) in [7, 11) is -3.31. The van der Waals surface area contributed by atoms with Crippen LogP contribution in [0.25, 0.3) is 5.69 Å². The first-order chi connectivity index (χ1) is 13.6. The number of benzene rings is 2. The van der Waals surface area contributed by atoms with Gasteiger partial charge in [0.05, 0.1) is 17.2 Å². The molecule has 0 N–H and O–H groups in total. The van der Waals surface area contributed by atoms with Crippen molar-refractivity contribution in [3.05, 3.63) is 59.9 Å². The number of ether oxygens (including phenoxy) is 2. The van der Waals surface area contributed by atoms with Gasteiger partial charge in [-0.1, -0.05) is 30.3 Å². The number of hydrogen-bond acceptors (Lipinski definition) is 7. The van der Waals surface area contributed by atoms with Crippen LogP contribution < -0.4 is 9.47 Å². The summed E-state index contributed by atoms with van der Waals surface area (Å²) in [6.45, 7) is 0.894. The predicted molar refractivity (Wildman–Crippen MR) is 102 cm³/mol. The van der Waals surface area contributed by atoms with Crippen LogP contribution in [0.3, 0.4) is 0 Å². The number of fused-ring (bicyclic) bond motifs is 1. The number of tetrazole rings is 1. The van der Waals surface area contributed by atoms with Gasteiger partial charge in [0, 0.05) is 12.0 Å². The normalized spacial score (nSPS) is 13.4. The van der Waals surface area contributed by atoms with Crippen molar-refractivity contribution in [1.29, 1.82) is 0 Å². The van der Waals surface area contributed by atoms with Gasteiger partial charge >= 0.3 is 0 Å². The lowest BCUT2D eigenvalue weighted by molar-refractivity contribution is 0.170. The second-order valence-electron chi connectivity index (χ2n) is 6.48. The van der Waals surface area contributed by atoms with E-state index in [1.807, 2.05) is 30.3 Å². The van der Waals surface area contributed by atoms with E-state index in [0.717, 1.165) is 5.69 Å². The molecular formula is C19H20N4O4S. The highest BCUT2D eigenvalue weighted by Crippen LogP contribution is 2.34. The maximum absolute atomic E-state index is 12.6. The number of aromatic nitrogens is 4. The Morgan fingerprint density at radius 3 is 2.68 bits per heavy atom. The molecule has 28 heavy (non-hydrogen) atoms. The maximum atomic E-state index is 12.6. The van der Waals surface area contributed by atoms with Crippen molar-refractivity contribution >= 4 is 9.84 Å². The molecule has 3 aromatic rings. The molecule has 0 bridgehead atoms. The molecule has 0 amide bonds. The van der Waals surface area contributed by atoms with Crippen LogP contribution in [-0.2, 0) is 22.0 Å². The van der Waals surface area contributed by atoms with Gasteiger partial charge in [-0.05, 0) is 35.0 Å². The van der Waals surface area contributed by atoms with Crippen molar-refractivity contribution in [2.45, 2.75) is 18.6 Å². The maximum Gasteiger partial charge on any atom is 0.165 e. The standard InChI is InChI=1S/C19H20N4O4S/c24-28(25,14-15-6-4-9-17-19(15)27-12-11-26-17)13-5-10-18-20-21-22-23(18)16-7-2-1-3-8-16/h1-4,6-9H,5,10-14H2. The third-order valence-electron chi connectivity index (χ3n) is 4.41. The fourth-order valence-electron chi connectivity index (χ4n) is 3.14. The molecule has 1 aliphatic rings. The van der Waals surface area contributed by atoms with Crippen molar-refractivity contribution in [1.82, 2.24) is 20.2 Å². The van der Waals surface area contributed by atoms with Crippen LogP contribution in [0.4, 0.5) is 0 Å². The molecule has 2 aromatic carbocycles. The first kappa shape index (κ1) is 18.4. The first-order valence-corrected chi connectivity index (χ1v) is 10.9. The number of sulfone groups is 1. The van der Waals surface area contributed by atoms with E-state index in [-0.39, 0.29) is 11.5 Å². The molecule has 0 unspecified atom stereocenters. The van der Waals surface area contributed by atoms with Gasteiger partial charge in [-0.15, -0.1) is 5.10 Å². The molecular weight excluding hydrogens is 380 g/mol. The van der Waals surface area contributed by atoms with Crippen molar-refractivity contribution in [2.75, 3.05) is 19.0 Å². The summed E-state index contributed by atoms with van der Waals surface area (Å²) in [5.74, 6) is 1.73. The van der Waals surface area contributed by atoms with E-state index in [1.165, 1.54) is 0 Å². The summed E-state index contributed by atoms with van der Waals surface area (Å²) in [5, 5.41) is 11.7. The quantitative estimate of drug-likeness (QED) is 0.598. The zero-order valence-corrected chi connectivity index (χ0v) is 16.0. The first-order valence-electron chi connectivity index (χ1n) is 9.03. The van der Waals surface area contributed by atoms with Gasteiger partial charge in [0.2, 0.25) is 0 Å². The molecule has 0 fully saturated rings. The fraction of sp³-hybridized carbons (Fsp3) is 0.316. The molecule has 0 saturated heterocycles. The zero-order chi connectivity index (χ0) is 19.4. The summed E-state index contributed by atoms with van der Waals surface area (Å²) >= 11 is 0. The van der Waals surface area contributed by atoms with Crippen LogP contribution in [-0.4, -0.2) is 47.6 Å². The van der Waals surface area contributed by atoms with Gasteiger partial charge in [-0.3, -0.25) is 0 Å². The molecule has 1 aromatic heterocycles. The van der Waals surface area contributed by atoms with Gasteiger partial charge < -0.3 is 9.47 Å². The van der Waals surface area contributed by atoms with E-state index in [4.69, 9.17) is 9.47 Å². The predicted octanol–water partition coefficient (Wildman–Crippen LogP) is 1.98. The van der Waals surface area contributed by atoms with Gasteiger partial charge in [0.15, 0.2) is 27.2 Å². The molecule has 2 heterocycles. The molecule has 9 heteroatoms. The summed E-state index contributed by atoms with van der Waals surface area (Å²) in [5.41, 5.74) is 1.48. The minimum atomic E-state index is -3.31. The van der Waals surface area contributed by atoms with Crippen LogP contribution in [0.1, 0.15) is 17.8 Å². The molecule has 0 aliphatic carbocycles. The lowest BCUT2D eigenvalue weighted by atomic mass is 10.2. The zero-order valence-electron chi connectivity index (χ0n) is 15.2. The Kier molecular flexibility index (Phi) is 5.25. The average molecular weight is 400 g/mol. The van der Waals surface area contributed by atoms with Crippen LogP contribution in [0.2, 0.25) is 0 Å². The minimum absolute atomic E-state index is 0.0408. The molecule has 8 nitrogen and oxygen atoms in total. The smallest absolute Gasteiger partial charge is 0.165 e. The fourth-order valence-corrected chi connectivity index (χ4v) is 4.57. The topological polar surface area (TPSA) is 96.2 Å². The van der Waals surface area contributed by atoms with Gasteiger partial charge in [-0.25, -0.2) is 8.42 Å². The Balaban J connectivity index is 1.40. The van der Waals surface area contributed by atoms with Crippen molar-refractivity contribution in [2.24, 2.45) is 0 Å². The Morgan fingerprint density at radius 2 is 1.82 bits per heavy atom. The Hall–Kier alpha value is -2.94. The summed E-state index contributed by atoms with van der Waals surface area (Å²) < 4.78 is 38.0. The van der Waals surface area contributed by atoms with E-state index in [0.29, 0.717) is 48.9 Å². The molecule has 0 radical (unpaired) electrons. The van der Waals surface area contributed by atoms with E-state index in [9.17, 15) is 8.42 Å². The van der Waals surface area contributed by atoms with Gasteiger partial charge in [-0.2, -0.15) is 4.68 Å². The monoisotopic (exact) mass is 400 g/mol. The van der Waals surface area contributed by atoms with E-state index in [2.05, 4.69) is 15.5 Å². The molecule has 0 spiro atoms. The second-order valence-corrected chi connectivity index (χ2v) is 8.66. The lowest BCUT2D eigenvalue weighted by Gasteiger charge is -2.20. The van der Waals surface area contributed by atoms with Crippen molar-refractivity contribution in [3.8, 4) is 17.2 Å². The van der Waals surface area contributed by atoms with Gasteiger partial charge in [0.25, 0.3) is 0 Å². The van der Waals surface area contributed by atoms with Crippen LogP contribution in [0.15, 0.2) is 48.5 Å². The summed E-state index contributed by atoms with van der Waals surface area (Å²) in [4.78, 5) is 0. The number of para-hydroxylation sites is 2. The molecule has 0 saturated carbocycles.